The smallest absolute Gasteiger partial charge is 0.186 e. The molecule has 0 amide bonds. The molecular formula is C10H13N3S. The Bertz CT molecular complexity index is 387. The van der Waals surface area contributed by atoms with Gasteiger partial charge in [-0.1, -0.05) is 11.3 Å². The molecule has 0 atom stereocenters. The zero-order chi connectivity index (χ0) is 9.97. The maximum atomic E-state index is 4.54. The maximum Gasteiger partial charge on any atom is 0.186 e. The molecule has 0 spiro atoms. The second kappa shape index (κ2) is 3.92. The number of anilines is 1. The van der Waals surface area contributed by atoms with Crippen molar-refractivity contribution >= 4 is 26.7 Å². The van der Waals surface area contributed by atoms with Gasteiger partial charge in [0, 0.05) is 19.3 Å². The molecule has 0 fully saturated rings. The molecule has 2 aromatic rings. The average molecular weight is 207 g/mol. The second-order valence-corrected chi connectivity index (χ2v) is 4.02. The Hall–Kier alpha value is -1.16. The Labute approximate surface area is 87.4 Å². The molecule has 74 valence electrons. The van der Waals surface area contributed by atoms with Crippen LogP contribution in [0.15, 0.2) is 18.5 Å². The molecule has 3 nitrogen and oxygen atoms in total. The van der Waals surface area contributed by atoms with Crippen LogP contribution < -0.4 is 4.90 Å². The van der Waals surface area contributed by atoms with E-state index >= 15 is 0 Å². The lowest BCUT2D eigenvalue weighted by Gasteiger charge is -2.16. The highest BCUT2D eigenvalue weighted by Crippen LogP contribution is 2.27. The fraction of sp³-hybridized carbons (Fsp3) is 0.400. The number of aromatic nitrogens is 2. The van der Waals surface area contributed by atoms with Gasteiger partial charge < -0.3 is 4.90 Å². The Kier molecular flexibility index (Phi) is 2.63. The van der Waals surface area contributed by atoms with Gasteiger partial charge in [0.05, 0.1) is 10.9 Å². The van der Waals surface area contributed by atoms with Crippen molar-refractivity contribution in [1.82, 2.24) is 9.97 Å². The summed E-state index contributed by atoms with van der Waals surface area (Å²) in [5.41, 5.74) is 0.999. The van der Waals surface area contributed by atoms with Crippen molar-refractivity contribution in [3.63, 3.8) is 0 Å². The number of hydrogen-bond acceptors (Lipinski definition) is 4. The van der Waals surface area contributed by atoms with E-state index in [0.29, 0.717) is 0 Å². The van der Waals surface area contributed by atoms with Crippen LogP contribution in [-0.4, -0.2) is 23.1 Å². The van der Waals surface area contributed by atoms with Gasteiger partial charge in [0.25, 0.3) is 0 Å². The first-order valence-corrected chi connectivity index (χ1v) is 5.62. The predicted octanol–water partition coefficient (Wildman–Crippen LogP) is 2.54. The van der Waals surface area contributed by atoms with E-state index in [4.69, 9.17) is 0 Å². The van der Waals surface area contributed by atoms with Gasteiger partial charge in [0.1, 0.15) is 5.52 Å². The van der Waals surface area contributed by atoms with Gasteiger partial charge in [0.15, 0.2) is 5.13 Å². The normalized spacial score (nSPS) is 10.7. The van der Waals surface area contributed by atoms with E-state index in [1.807, 2.05) is 18.5 Å². The standard InChI is InChI=1S/C10H13N3S/c1-3-13(4-2)10-12-8-7-11-6-5-9(8)14-10/h5-7H,3-4H2,1-2H3. The van der Waals surface area contributed by atoms with Crippen LogP contribution in [0.2, 0.25) is 0 Å². The van der Waals surface area contributed by atoms with Gasteiger partial charge in [-0.05, 0) is 19.9 Å². The largest absolute Gasteiger partial charge is 0.349 e. The van der Waals surface area contributed by atoms with Crippen molar-refractivity contribution in [3.8, 4) is 0 Å². The van der Waals surface area contributed by atoms with Crippen LogP contribution in [-0.2, 0) is 0 Å². The van der Waals surface area contributed by atoms with E-state index in [2.05, 4.69) is 28.7 Å². The molecule has 2 rings (SSSR count). The summed E-state index contributed by atoms with van der Waals surface area (Å²) in [5.74, 6) is 0. The van der Waals surface area contributed by atoms with Gasteiger partial charge in [0.2, 0.25) is 0 Å². The van der Waals surface area contributed by atoms with Crippen molar-refractivity contribution in [3.05, 3.63) is 18.5 Å². The number of fused-ring (bicyclic) bond motifs is 1. The van der Waals surface area contributed by atoms with E-state index in [1.165, 1.54) is 4.70 Å². The minimum atomic E-state index is 0.999. The lowest BCUT2D eigenvalue weighted by atomic mass is 10.5. The predicted molar refractivity (Wildman–Crippen MR) is 61.0 cm³/mol. The summed E-state index contributed by atoms with van der Waals surface area (Å²) < 4.78 is 1.21. The molecule has 2 heterocycles. The first-order chi connectivity index (χ1) is 6.85. The summed E-state index contributed by atoms with van der Waals surface area (Å²) in [7, 11) is 0. The number of rotatable bonds is 3. The van der Waals surface area contributed by atoms with Crippen LogP contribution in [0.5, 0.6) is 0 Å². The zero-order valence-electron chi connectivity index (χ0n) is 8.40. The molecular weight excluding hydrogens is 194 g/mol. The molecule has 0 aromatic carbocycles. The third-order valence-electron chi connectivity index (χ3n) is 2.21. The van der Waals surface area contributed by atoms with E-state index in [0.717, 1.165) is 23.7 Å². The summed E-state index contributed by atoms with van der Waals surface area (Å²) in [6.07, 6.45) is 3.63. The summed E-state index contributed by atoms with van der Waals surface area (Å²) in [4.78, 5) is 10.9. The van der Waals surface area contributed by atoms with Gasteiger partial charge in [-0.3, -0.25) is 4.98 Å². The minimum Gasteiger partial charge on any atom is -0.349 e. The van der Waals surface area contributed by atoms with Gasteiger partial charge in [-0.25, -0.2) is 4.98 Å². The average Bonchev–Trinajstić information content (AvgIpc) is 2.63. The highest BCUT2D eigenvalue weighted by Gasteiger charge is 2.07. The first kappa shape index (κ1) is 9.40. The highest BCUT2D eigenvalue weighted by molar-refractivity contribution is 7.22. The Morgan fingerprint density at radius 1 is 1.36 bits per heavy atom. The molecule has 0 aliphatic heterocycles. The van der Waals surface area contributed by atoms with Gasteiger partial charge in [-0.2, -0.15) is 0 Å². The van der Waals surface area contributed by atoms with Crippen molar-refractivity contribution in [2.75, 3.05) is 18.0 Å². The highest BCUT2D eigenvalue weighted by atomic mass is 32.1. The van der Waals surface area contributed by atoms with Gasteiger partial charge >= 0.3 is 0 Å². The van der Waals surface area contributed by atoms with Crippen molar-refractivity contribution < 1.29 is 0 Å². The molecule has 0 N–H and O–H groups in total. The van der Waals surface area contributed by atoms with E-state index < -0.39 is 0 Å². The molecule has 2 aromatic heterocycles. The number of thiazole rings is 1. The van der Waals surface area contributed by atoms with Crippen LogP contribution >= 0.6 is 11.3 Å². The van der Waals surface area contributed by atoms with Crippen LogP contribution in [0.4, 0.5) is 5.13 Å². The van der Waals surface area contributed by atoms with Crippen molar-refractivity contribution in [2.45, 2.75) is 13.8 Å². The Morgan fingerprint density at radius 3 is 2.79 bits per heavy atom. The van der Waals surface area contributed by atoms with Crippen LogP contribution in [0.1, 0.15) is 13.8 Å². The van der Waals surface area contributed by atoms with E-state index in [1.54, 1.807) is 11.3 Å². The Balaban J connectivity index is 2.43. The SMILES string of the molecule is CCN(CC)c1nc2cnccc2s1. The molecule has 0 bridgehead atoms. The molecule has 14 heavy (non-hydrogen) atoms. The molecule has 0 unspecified atom stereocenters. The summed E-state index contributed by atoms with van der Waals surface area (Å²) in [6.45, 7) is 6.30. The third kappa shape index (κ3) is 1.57. The summed E-state index contributed by atoms with van der Waals surface area (Å²) in [6, 6.07) is 2.01. The summed E-state index contributed by atoms with van der Waals surface area (Å²) in [5, 5.41) is 1.10. The number of pyridine rings is 1. The number of hydrogen-bond donors (Lipinski definition) is 0. The minimum absolute atomic E-state index is 0.999. The van der Waals surface area contributed by atoms with Crippen molar-refractivity contribution in [2.24, 2.45) is 0 Å². The van der Waals surface area contributed by atoms with E-state index in [9.17, 15) is 0 Å². The van der Waals surface area contributed by atoms with Crippen LogP contribution in [0.25, 0.3) is 10.2 Å². The van der Waals surface area contributed by atoms with Crippen LogP contribution in [0.3, 0.4) is 0 Å². The fourth-order valence-corrected chi connectivity index (χ4v) is 2.46. The Morgan fingerprint density at radius 2 is 2.14 bits per heavy atom. The molecule has 0 aliphatic rings. The molecule has 0 saturated carbocycles. The molecule has 0 aliphatic carbocycles. The molecule has 0 saturated heterocycles. The lowest BCUT2D eigenvalue weighted by molar-refractivity contribution is 0.862. The summed E-state index contributed by atoms with van der Waals surface area (Å²) >= 11 is 1.73. The molecule has 0 radical (unpaired) electrons. The first-order valence-electron chi connectivity index (χ1n) is 4.80. The van der Waals surface area contributed by atoms with Crippen molar-refractivity contribution in [1.29, 1.82) is 0 Å². The monoisotopic (exact) mass is 207 g/mol. The van der Waals surface area contributed by atoms with Crippen LogP contribution in [0, 0.1) is 0 Å². The number of nitrogens with zero attached hydrogens (tertiary/aromatic N) is 3. The maximum absolute atomic E-state index is 4.54. The lowest BCUT2D eigenvalue weighted by Crippen LogP contribution is -2.21. The topological polar surface area (TPSA) is 29.0 Å². The quantitative estimate of drug-likeness (QED) is 0.774. The third-order valence-corrected chi connectivity index (χ3v) is 3.31. The second-order valence-electron chi connectivity index (χ2n) is 3.01. The van der Waals surface area contributed by atoms with E-state index in [-0.39, 0.29) is 0 Å². The zero-order valence-corrected chi connectivity index (χ0v) is 9.21. The molecule has 4 heteroatoms. The van der Waals surface area contributed by atoms with Gasteiger partial charge in [-0.15, -0.1) is 0 Å². The fourth-order valence-electron chi connectivity index (χ4n) is 1.40.